The predicted octanol–water partition coefficient (Wildman–Crippen LogP) is 2.92. The Balaban J connectivity index is 1.59. The van der Waals surface area contributed by atoms with Gasteiger partial charge in [-0.25, -0.2) is 4.99 Å². The lowest BCUT2D eigenvalue weighted by molar-refractivity contribution is 0.465. The molecule has 1 aliphatic carbocycles. The van der Waals surface area contributed by atoms with Crippen molar-refractivity contribution in [3.63, 3.8) is 0 Å². The van der Waals surface area contributed by atoms with Crippen molar-refractivity contribution < 1.29 is 5.11 Å². The summed E-state index contributed by atoms with van der Waals surface area (Å²) in [6.07, 6.45) is 5.43. The van der Waals surface area contributed by atoms with Crippen LogP contribution in [0.3, 0.4) is 0 Å². The maximum absolute atomic E-state index is 10.2. The number of fused-ring (bicyclic) bond motifs is 1. The molecule has 2 aromatic carbocycles. The highest BCUT2D eigenvalue weighted by molar-refractivity contribution is 5.77. The molecule has 0 aromatic heterocycles. The van der Waals surface area contributed by atoms with Crippen molar-refractivity contribution >= 4 is 5.96 Å². The van der Waals surface area contributed by atoms with Crippen molar-refractivity contribution in [1.29, 1.82) is 0 Å². The second-order valence-corrected chi connectivity index (χ2v) is 6.27. The minimum Gasteiger partial charge on any atom is -0.508 e. The molecule has 0 amide bonds. The summed E-state index contributed by atoms with van der Waals surface area (Å²) >= 11 is 0. The molecule has 4 nitrogen and oxygen atoms in total. The largest absolute Gasteiger partial charge is 0.508 e. The number of guanidine groups is 1. The molecule has 0 saturated carbocycles. The van der Waals surface area contributed by atoms with Gasteiger partial charge in [0.2, 0.25) is 0 Å². The van der Waals surface area contributed by atoms with Gasteiger partial charge in [0.05, 0.1) is 6.54 Å². The third kappa shape index (κ3) is 4.07. The van der Waals surface area contributed by atoms with Crippen molar-refractivity contribution in [2.24, 2.45) is 10.7 Å². The van der Waals surface area contributed by atoms with Gasteiger partial charge in [0, 0.05) is 12.1 Å². The number of phenols is 1. The zero-order chi connectivity index (χ0) is 16.8. The molecule has 0 aliphatic heterocycles. The number of nitrogens with two attached hydrogens (primary N) is 1. The number of aromatic hydroxyl groups is 1. The van der Waals surface area contributed by atoms with E-state index in [0.29, 0.717) is 18.3 Å². The Kier molecular flexibility index (Phi) is 5.36. The number of rotatable bonds is 5. The van der Waals surface area contributed by atoms with Crippen molar-refractivity contribution in [1.82, 2.24) is 5.32 Å². The Morgan fingerprint density at radius 3 is 2.71 bits per heavy atom. The van der Waals surface area contributed by atoms with Gasteiger partial charge in [-0.1, -0.05) is 36.4 Å². The summed E-state index contributed by atoms with van der Waals surface area (Å²) in [6, 6.07) is 14.1. The lowest BCUT2D eigenvalue weighted by atomic mass is 9.88. The number of nitrogens with zero attached hydrogens (tertiary/aromatic N) is 1. The van der Waals surface area contributed by atoms with Crippen molar-refractivity contribution in [3.8, 4) is 5.75 Å². The molecule has 24 heavy (non-hydrogen) atoms. The Hall–Kier alpha value is -2.49. The summed E-state index contributed by atoms with van der Waals surface area (Å²) in [5.74, 6) is 0.759. The van der Waals surface area contributed by atoms with Crippen LogP contribution in [0.25, 0.3) is 0 Å². The molecule has 0 bridgehead atoms. The van der Waals surface area contributed by atoms with E-state index in [9.17, 15) is 5.11 Å². The molecular formula is C20H25N3O. The SMILES string of the molecule is NC(=NCc1c(O)ccc2c1CCCC2)NCCc1ccccc1. The number of aliphatic imine (C=N–C) groups is 1. The van der Waals surface area contributed by atoms with Crippen LogP contribution in [0.5, 0.6) is 5.75 Å². The molecule has 0 unspecified atom stereocenters. The van der Waals surface area contributed by atoms with Crippen molar-refractivity contribution in [2.75, 3.05) is 6.54 Å². The van der Waals surface area contributed by atoms with Gasteiger partial charge in [0.1, 0.15) is 5.75 Å². The van der Waals surface area contributed by atoms with Crippen LogP contribution in [0.4, 0.5) is 0 Å². The fraction of sp³-hybridized carbons (Fsp3) is 0.350. The maximum atomic E-state index is 10.2. The minimum absolute atomic E-state index is 0.330. The molecule has 4 heteroatoms. The Morgan fingerprint density at radius 2 is 1.88 bits per heavy atom. The average Bonchev–Trinajstić information content (AvgIpc) is 2.62. The number of hydrogen-bond acceptors (Lipinski definition) is 2. The third-order valence-corrected chi connectivity index (χ3v) is 4.60. The average molecular weight is 323 g/mol. The topological polar surface area (TPSA) is 70.6 Å². The van der Waals surface area contributed by atoms with Crippen LogP contribution in [0.1, 0.15) is 35.1 Å². The van der Waals surface area contributed by atoms with Gasteiger partial charge < -0.3 is 16.2 Å². The highest BCUT2D eigenvalue weighted by Gasteiger charge is 2.16. The second kappa shape index (κ2) is 7.86. The number of phenolic OH excluding ortho intramolecular Hbond substituents is 1. The molecule has 1 aliphatic rings. The van der Waals surface area contributed by atoms with Crippen LogP contribution < -0.4 is 11.1 Å². The lowest BCUT2D eigenvalue weighted by Gasteiger charge is -2.19. The molecule has 0 spiro atoms. The lowest BCUT2D eigenvalue weighted by Crippen LogP contribution is -2.33. The maximum Gasteiger partial charge on any atom is 0.188 e. The first-order chi connectivity index (χ1) is 11.7. The molecule has 0 saturated heterocycles. The van der Waals surface area contributed by atoms with E-state index in [2.05, 4.69) is 22.4 Å². The smallest absolute Gasteiger partial charge is 0.188 e. The molecule has 0 heterocycles. The second-order valence-electron chi connectivity index (χ2n) is 6.27. The zero-order valence-corrected chi connectivity index (χ0v) is 14.0. The van der Waals surface area contributed by atoms with E-state index in [1.807, 2.05) is 24.3 Å². The summed E-state index contributed by atoms with van der Waals surface area (Å²) < 4.78 is 0. The summed E-state index contributed by atoms with van der Waals surface area (Å²) in [5.41, 5.74) is 10.8. The molecule has 4 N–H and O–H groups in total. The van der Waals surface area contributed by atoms with Crippen LogP contribution in [0.15, 0.2) is 47.5 Å². The summed E-state index contributed by atoms with van der Waals surface area (Å²) in [5, 5.41) is 13.3. The predicted molar refractivity (Wildman–Crippen MR) is 98.2 cm³/mol. The highest BCUT2D eigenvalue weighted by atomic mass is 16.3. The summed E-state index contributed by atoms with van der Waals surface area (Å²) in [4.78, 5) is 4.42. The number of aryl methyl sites for hydroxylation is 1. The first kappa shape index (κ1) is 16.4. The van der Waals surface area contributed by atoms with Crippen LogP contribution >= 0.6 is 0 Å². The van der Waals surface area contributed by atoms with Crippen LogP contribution in [-0.4, -0.2) is 17.6 Å². The van der Waals surface area contributed by atoms with Gasteiger partial charge in [-0.05, 0) is 54.9 Å². The van der Waals surface area contributed by atoms with Crippen molar-refractivity contribution in [2.45, 2.75) is 38.6 Å². The molecule has 0 atom stereocenters. The number of nitrogens with one attached hydrogen (secondary N) is 1. The molecule has 126 valence electrons. The van der Waals surface area contributed by atoms with Crippen LogP contribution in [0.2, 0.25) is 0 Å². The number of benzene rings is 2. The molecule has 0 fully saturated rings. The monoisotopic (exact) mass is 323 g/mol. The Bertz CT molecular complexity index is 710. The highest BCUT2D eigenvalue weighted by Crippen LogP contribution is 2.30. The van der Waals surface area contributed by atoms with E-state index in [1.54, 1.807) is 6.07 Å². The normalized spacial score (nSPS) is 14.2. The minimum atomic E-state index is 0.330. The zero-order valence-electron chi connectivity index (χ0n) is 14.0. The molecule has 3 rings (SSSR count). The van der Waals surface area contributed by atoms with E-state index in [-0.39, 0.29) is 0 Å². The van der Waals surface area contributed by atoms with Gasteiger partial charge in [-0.2, -0.15) is 0 Å². The molecule has 0 radical (unpaired) electrons. The van der Waals surface area contributed by atoms with Crippen LogP contribution in [0, 0.1) is 0 Å². The quantitative estimate of drug-likeness (QED) is 0.585. The fourth-order valence-electron chi connectivity index (χ4n) is 3.27. The summed E-state index contributed by atoms with van der Waals surface area (Å²) in [6.45, 7) is 1.18. The van der Waals surface area contributed by atoms with E-state index in [1.165, 1.54) is 29.5 Å². The fourth-order valence-corrected chi connectivity index (χ4v) is 3.27. The Morgan fingerprint density at radius 1 is 1.08 bits per heavy atom. The van der Waals surface area contributed by atoms with Gasteiger partial charge in [0.15, 0.2) is 5.96 Å². The van der Waals surface area contributed by atoms with Crippen molar-refractivity contribution in [3.05, 3.63) is 64.7 Å². The summed E-state index contributed by atoms with van der Waals surface area (Å²) in [7, 11) is 0. The van der Waals surface area contributed by atoms with Gasteiger partial charge in [0.25, 0.3) is 0 Å². The van der Waals surface area contributed by atoms with Crippen LogP contribution in [-0.2, 0) is 25.8 Å². The Labute approximate surface area is 143 Å². The molecule has 2 aromatic rings. The van der Waals surface area contributed by atoms with E-state index < -0.39 is 0 Å². The third-order valence-electron chi connectivity index (χ3n) is 4.60. The van der Waals surface area contributed by atoms with Gasteiger partial charge >= 0.3 is 0 Å². The van der Waals surface area contributed by atoms with Gasteiger partial charge in [-0.3, -0.25) is 0 Å². The van der Waals surface area contributed by atoms with E-state index in [4.69, 9.17) is 5.73 Å². The van der Waals surface area contributed by atoms with Gasteiger partial charge in [-0.15, -0.1) is 0 Å². The van der Waals surface area contributed by atoms with E-state index >= 15 is 0 Å². The molecular weight excluding hydrogens is 298 g/mol. The first-order valence-electron chi connectivity index (χ1n) is 8.64. The standard InChI is InChI=1S/C20H25N3O/c21-20(22-13-12-15-6-2-1-3-7-15)23-14-18-17-9-5-4-8-16(17)10-11-19(18)24/h1-3,6-7,10-11,24H,4-5,8-9,12-14H2,(H3,21,22,23). The van der Waals surface area contributed by atoms with E-state index in [0.717, 1.165) is 31.4 Å². The first-order valence-corrected chi connectivity index (χ1v) is 8.64. The number of hydrogen-bond donors (Lipinski definition) is 3.